The molecule has 0 radical (unpaired) electrons. The summed E-state index contributed by atoms with van der Waals surface area (Å²) in [6.07, 6.45) is 26.4. The molecule has 0 amide bonds. The van der Waals surface area contributed by atoms with Crippen molar-refractivity contribution in [1.82, 2.24) is 0 Å². The van der Waals surface area contributed by atoms with Crippen molar-refractivity contribution in [2.75, 3.05) is 0 Å². The highest BCUT2D eigenvalue weighted by atomic mass is 32.2. The molecule has 0 saturated heterocycles. The molecule has 5 aliphatic rings. The summed E-state index contributed by atoms with van der Waals surface area (Å²) in [4.78, 5) is 0.428. The highest BCUT2D eigenvalue weighted by molar-refractivity contribution is 7.87. The van der Waals surface area contributed by atoms with Crippen LogP contribution in [0, 0.1) is 0 Å². The lowest BCUT2D eigenvalue weighted by atomic mass is 9.76. The Bertz CT molecular complexity index is 1610. The molecule has 5 fully saturated rings. The third-order valence-corrected chi connectivity index (χ3v) is 15.6. The van der Waals surface area contributed by atoms with Crippen molar-refractivity contribution >= 4 is 20.2 Å². The van der Waals surface area contributed by atoms with Gasteiger partial charge in [0, 0.05) is 0 Å². The summed E-state index contributed by atoms with van der Waals surface area (Å²) in [5, 5.41) is 0. The first-order chi connectivity index (χ1) is 24.2. The van der Waals surface area contributed by atoms with Crippen molar-refractivity contribution in [3.8, 4) is 5.75 Å². The molecule has 276 valence electrons. The van der Waals surface area contributed by atoms with E-state index in [1.807, 2.05) is 0 Å². The van der Waals surface area contributed by atoms with Gasteiger partial charge in [0.15, 0.2) is 0 Å². The molecule has 2 aromatic rings. The zero-order valence-corrected chi connectivity index (χ0v) is 31.8. The van der Waals surface area contributed by atoms with E-state index in [9.17, 15) is 13.0 Å². The summed E-state index contributed by atoms with van der Waals surface area (Å²) in [7, 11) is -8.81. The monoisotopic (exact) mass is 724 g/mol. The summed E-state index contributed by atoms with van der Waals surface area (Å²) in [5.41, 5.74) is 4.38. The topological polar surface area (TPSA) is 97.7 Å². The van der Waals surface area contributed by atoms with Crippen LogP contribution in [0.1, 0.15) is 218 Å². The standard InChI is InChI=1S/C42H60O6S2/c43-49(44,45)41-39(33-22-12-4-13-23-33)28-36(29-40(41)34-24-14-5-15-25-34)48-50(46,47)42-37(31-18-8-2-9-19-31)26-35(30-16-6-1-7-17-30)27-38(42)32-20-10-3-11-21-32/h26-34H,1-25H2,(H,43,44,45). The first kappa shape index (κ1) is 36.5. The van der Waals surface area contributed by atoms with Gasteiger partial charge < -0.3 is 4.18 Å². The molecule has 0 heterocycles. The molecule has 0 aromatic heterocycles. The highest BCUT2D eigenvalue weighted by Gasteiger charge is 2.36. The van der Waals surface area contributed by atoms with E-state index in [0.29, 0.717) is 21.9 Å². The average molecular weight is 725 g/mol. The van der Waals surface area contributed by atoms with Crippen LogP contribution in [0.4, 0.5) is 0 Å². The van der Waals surface area contributed by atoms with Crippen LogP contribution in [0.5, 0.6) is 5.75 Å². The van der Waals surface area contributed by atoms with Crippen LogP contribution < -0.4 is 4.18 Å². The van der Waals surface area contributed by atoms with Gasteiger partial charge in [0.2, 0.25) is 0 Å². The lowest BCUT2D eigenvalue weighted by molar-refractivity contribution is 0.411. The Morgan fingerprint density at radius 3 is 1.04 bits per heavy atom. The van der Waals surface area contributed by atoms with Crippen molar-refractivity contribution in [3.63, 3.8) is 0 Å². The maximum absolute atomic E-state index is 15.1. The predicted molar refractivity (Wildman–Crippen MR) is 200 cm³/mol. The van der Waals surface area contributed by atoms with Gasteiger partial charge >= 0.3 is 10.1 Å². The van der Waals surface area contributed by atoms with Crippen molar-refractivity contribution in [1.29, 1.82) is 0 Å². The second-order valence-electron chi connectivity index (χ2n) is 16.6. The Labute approximate surface area is 302 Å². The van der Waals surface area contributed by atoms with E-state index in [1.54, 1.807) is 12.1 Å². The average Bonchev–Trinajstić information content (AvgIpc) is 3.15. The Hall–Kier alpha value is -1.90. The molecular weight excluding hydrogens is 665 g/mol. The number of hydrogen-bond donors (Lipinski definition) is 1. The van der Waals surface area contributed by atoms with E-state index in [-0.39, 0.29) is 34.3 Å². The van der Waals surface area contributed by atoms with E-state index < -0.39 is 20.2 Å². The van der Waals surface area contributed by atoms with Crippen LogP contribution in [0.15, 0.2) is 34.1 Å². The molecule has 5 saturated carbocycles. The maximum atomic E-state index is 15.1. The highest BCUT2D eigenvalue weighted by Crippen LogP contribution is 2.48. The van der Waals surface area contributed by atoms with E-state index in [1.165, 1.54) is 50.5 Å². The Morgan fingerprint density at radius 1 is 0.420 bits per heavy atom. The molecule has 0 bridgehead atoms. The summed E-state index contributed by atoms with van der Waals surface area (Å²) in [6.45, 7) is 0. The normalized spacial score (nSPS) is 23.2. The summed E-state index contributed by atoms with van der Waals surface area (Å²) in [6, 6.07) is 7.88. The fourth-order valence-corrected chi connectivity index (χ4v) is 13.2. The van der Waals surface area contributed by atoms with Crippen molar-refractivity contribution in [2.45, 2.75) is 200 Å². The van der Waals surface area contributed by atoms with Gasteiger partial charge in [0.05, 0.1) is 0 Å². The molecule has 0 atom stereocenters. The van der Waals surface area contributed by atoms with Gasteiger partial charge in [-0.15, -0.1) is 0 Å². The predicted octanol–water partition coefficient (Wildman–Crippen LogP) is 11.9. The molecule has 0 spiro atoms. The van der Waals surface area contributed by atoms with E-state index in [0.717, 1.165) is 127 Å². The molecule has 2 aromatic carbocycles. The first-order valence-electron chi connectivity index (χ1n) is 20.5. The second-order valence-corrected chi connectivity index (χ2v) is 19.5. The molecule has 6 nitrogen and oxygen atoms in total. The van der Waals surface area contributed by atoms with Crippen LogP contribution in [-0.4, -0.2) is 21.4 Å². The Kier molecular flexibility index (Phi) is 11.7. The van der Waals surface area contributed by atoms with Gasteiger partial charge in [0.1, 0.15) is 15.5 Å². The van der Waals surface area contributed by atoms with Crippen molar-refractivity contribution in [3.05, 3.63) is 52.1 Å². The van der Waals surface area contributed by atoms with Gasteiger partial charge in [0.25, 0.3) is 10.1 Å². The Balaban J connectivity index is 1.38. The number of hydrogen-bond acceptors (Lipinski definition) is 5. The first-order valence-corrected chi connectivity index (χ1v) is 23.3. The SMILES string of the molecule is O=S(=O)(O)c1c(C2CCCCC2)cc(OS(=O)(=O)c2c(C3CCCCC3)cc(C3CCCCC3)cc2C2CCCCC2)cc1C1CCCCC1. The van der Waals surface area contributed by atoms with Crippen LogP contribution in [-0.2, 0) is 20.2 Å². The van der Waals surface area contributed by atoms with Crippen molar-refractivity contribution < 1.29 is 25.6 Å². The summed E-state index contributed by atoms with van der Waals surface area (Å²) >= 11 is 0. The number of benzene rings is 2. The molecule has 7 rings (SSSR count). The Morgan fingerprint density at radius 2 is 0.720 bits per heavy atom. The fourth-order valence-electron chi connectivity index (χ4n) is 10.7. The third kappa shape index (κ3) is 8.17. The lowest BCUT2D eigenvalue weighted by Crippen LogP contribution is -2.22. The molecule has 1 N–H and O–H groups in total. The minimum absolute atomic E-state index is 0.0173. The second kappa shape index (κ2) is 16.0. The van der Waals surface area contributed by atoms with Crippen LogP contribution in [0.25, 0.3) is 0 Å². The number of rotatable bonds is 9. The summed E-state index contributed by atoms with van der Waals surface area (Å²) < 4.78 is 73.6. The quantitative estimate of drug-likeness (QED) is 0.204. The summed E-state index contributed by atoms with van der Waals surface area (Å²) in [5.74, 6) is 0.967. The van der Waals surface area contributed by atoms with Gasteiger partial charge in [-0.25, -0.2) is 0 Å². The van der Waals surface area contributed by atoms with Gasteiger partial charge in [-0.1, -0.05) is 108 Å². The molecule has 5 aliphatic carbocycles. The molecule has 50 heavy (non-hydrogen) atoms. The van der Waals surface area contributed by atoms with E-state index in [2.05, 4.69) is 12.1 Å². The van der Waals surface area contributed by atoms with Gasteiger partial charge in [-0.3, -0.25) is 4.55 Å². The zero-order valence-electron chi connectivity index (χ0n) is 30.2. The smallest absolute Gasteiger partial charge is 0.339 e. The van der Waals surface area contributed by atoms with Gasteiger partial charge in [-0.05, 0) is 134 Å². The molecular formula is C42H60O6S2. The van der Waals surface area contributed by atoms with E-state index in [4.69, 9.17) is 4.18 Å². The van der Waals surface area contributed by atoms with E-state index >= 15 is 8.42 Å². The largest absolute Gasteiger partial charge is 0.379 e. The van der Waals surface area contributed by atoms with Gasteiger partial charge in [-0.2, -0.15) is 16.8 Å². The van der Waals surface area contributed by atoms with Crippen LogP contribution >= 0.6 is 0 Å². The minimum Gasteiger partial charge on any atom is -0.379 e. The fraction of sp³-hybridized carbons (Fsp3) is 0.714. The van der Waals surface area contributed by atoms with Crippen LogP contribution in [0.2, 0.25) is 0 Å². The lowest BCUT2D eigenvalue weighted by Gasteiger charge is -2.32. The minimum atomic E-state index is -4.54. The zero-order chi connectivity index (χ0) is 34.7. The maximum Gasteiger partial charge on any atom is 0.339 e. The van der Waals surface area contributed by atoms with Crippen LogP contribution in [0.3, 0.4) is 0 Å². The third-order valence-electron chi connectivity index (χ3n) is 13.3. The van der Waals surface area contributed by atoms with Crippen molar-refractivity contribution in [2.24, 2.45) is 0 Å². The molecule has 0 unspecified atom stereocenters. The molecule has 8 heteroatoms. The molecule has 0 aliphatic heterocycles.